The zero-order chi connectivity index (χ0) is 11.5. The van der Waals surface area contributed by atoms with E-state index in [1.165, 1.54) is 12.8 Å². The lowest BCUT2D eigenvalue weighted by Crippen LogP contribution is -2.56. The maximum Gasteiger partial charge on any atom is 0.324 e. The smallest absolute Gasteiger partial charge is 0.324 e. The Bertz CT molecular complexity index is 233. The van der Waals surface area contributed by atoms with E-state index in [1.54, 1.807) is 14.0 Å². The zero-order valence-electron chi connectivity index (χ0n) is 9.92. The molecule has 0 aromatic heterocycles. The van der Waals surface area contributed by atoms with E-state index in [9.17, 15) is 4.79 Å². The van der Waals surface area contributed by atoms with Crippen LogP contribution >= 0.6 is 0 Å². The number of likely N-dealkylation sites (N-methyl/N-ethyl adjacent to an activating group) is 1. The molecule has 0 bridgehead atoms. The number of carbonyl (C=O) groups is 1. The van der Waals surface area contributed by atoms with Crippen molar-refractivity contribution in [2.45, 2.75) is 44.7 Å². The van der Waals surface area contributed by atoms with Crippen molar-refractivity contribution in [2.75, 3.05) is 20.1 Å². The molecule has 1 rings (SSSR count). The fourth-order valence-corrected chi connectivity index (χ4v) is 2.23. The van der Waals surface area contributed by atoms with E-state index in [2.05, 4.69) is 17.1 Å². The molecule has 1 aliphatic rings. The molecule has 1 saturated heterocycles. The van der Waals surface area contributed by atoms with Gasteiger partial charge in [-0.1, -0.05) is 6.92 Å². The number of hydrogen-bond donors (Lipinski definition) is 2. The molecule has 1 aliphatic heterocycles. The van der Waals surface area contributed by atoms with Crippen molar-refractivity contribution in [3.8, 4) is 0 Å². The van der Waals surface area contributed by atoms with Crippen LogP contribution < -0.4 is 5.32 Å². The van der Waals surface area contributed by atoms with Crippen LogP contribution in [0.4, 0.5) is 0 Å². The Kier molecular flexibility index (Phi) is 4.11. The molecule has 1 heterocycles. The van der Waals surface area contributed by atoms with Crippen molar-refractivity contribution in [2.24, 2.45) is 0 Å². The predicted molar refractivity (Wildman–Crippen MR) is 60.0 cm³/mol. The molecule has 0 aromatic rings. The van der Waals surface area contributed by atoms with Gasteiger partial charge in [-0.2, -0.15) is 0 Å². The number of carboxylic acid groups (broad SMARTS) is 1. The molecular formula is C11H22N2O2. The van der Waals surface area contributed by atoms with E-state index in [1.807, 2.05) is 0 Å². The van der Waals surface area contributed by atoms with Crippen molar-refractivity contribution in [1.82, 2.24) is 10.2 Å². The fourth-order valence-electron chi connectivity index (χ4n) is 2.23. The van der Waals surface area contributed by atoms with Gasteiger partial charge in [0.15, 0.2) is 0 Å². The largest absolute Gasteiger partial charge is 0.480 e. The molecule has 0 saturated carbocycles. The third-order valence-electron chi connectivity index (χ3n) is 3.51. The van der Waals surface area contributed by atoms with Crippen LogP contribution in [0.15, 0.2) is 0 Å². The number of nitrogens with zero attached hydrogens (tertiary/aromatic N) is 1. The van der Waals surface area contributed by atoms with Gasteiger partial charge < -0.3 is 10.4 Å². The predicted octanol–water partition coefficient (Wildman–Crippen LogP) is 0.923. The van der Waals surface area contributed by atoms with Crippen LogP contribution in [0.5, 0.6) is 0 Å². The normalized spacial score (nSPS) is 26.5. The van der Waals surface area contributed by atoms with Crippen LogP contribution in [-0.4, -0.2) is 47.7 Å². The summed E-state index contributed by atoms with van der Waals surface area (Å²) >= 11 is 0. The van der Waals surface area contributed by atoms with Gasteiger partial charge in [0.2, 0.25) is 0 Å². The molecule has 2 unspecified atom stereocenters. The second kappa shape index (κ2) is 4.94. The fraction of sp³-hybridized carbons (Fsp3) is 0.909. The average Bonchev–Trinajstić information content (AvgIpc) is 2.64. The van der Waals surface area contributed by atoms with Gasteiger partial charge in [0.25, 0.3) is 0 Å². The van der Waals surface area contributed by atoms with Crippen LogP contribution in [-0.2, 0) is 4.79 Å². The summed E-state index contributed by atoms with van der Waals surface area (Å²) in [5.74, 6) is -0.772. The van der Waals surface area contributed by atoms with Crippen LogP contribution in [0.2, 0.25) is 0 Å². The summed E-state index contributed by atoms with van der Waals surface area (Å²) in [6, 6.07) is 0.567. The first-order valence-electron chi connectivity index (χ1n) is 5.70. The monoisotopic (exact) mass is 214 g/mol. The van der Waals surface area contributed by atoms with E-state index >= 15 is 0 Å². The first-order chi connectivity index (χ1) is 7.03. The van der Waals surface area contributed by atoms with Gasteiger partial charge in [0.1, 0.15) is 5.54 Å². The number of nitrogens with one attached hydrogen (secondary N) is 1. The quantitative estimate of drug-likeness (QED) is 0.714. The Morgan fingerprint density at radius 2 is 2.33 bits per heavy atom. The number of likely N-dealkylation sites (tertiary alicyclic amines) is 1. The summed E-state index contributed by atoms with van der Waals surface area (Å²) in [6.07, 6.45) is 3.51. The molecule has 1 fully saturated rings. The summed E-state index contributed by atoms with van der Waals surface area (Å²) < 4.78 is 0. The first kappa shape index (κ1) is 12.5. The minimum atomic E-state index is -0.822. The highest BCUT2D eigenvalue weighted by atomic mass is 16.4. The van der Waals surface area contributed by atoms with E-state index < -0.39 is 11.5 Å². The van der Waals surface area contributed by atoms with Crippen LogP contribution in [0.1, 0.15) is 33.1 Å². The van der Waals surface area contributed by atoms with Crippen molar-refractivity contribution in [3.05, 3.63) is 0 Å². The lowest BCUT2D eigenvalue weighted by Gasteiger charge is -2.32. The van der Waals surface area contributed by atoms with E-state index in [-0.39, 0.29) is 0 Å². The lowest BCUT2D eigenvalue weighted by molar-refractivity contribution is -0.144. The second-order valence-electron chi connectivity index (χ2n) is 4.56. The van der Waals surface area contributed by atoms with Gasteiger partial charge in [-0.15, -0.1) is 0 Å². The Hall–Kier alpha value is -0.610. The third kappa shape index (κ3) is 2.69. The maximum absolute atomic E-state index is 11.1. The van der Waals surface area contributed by atoms with Crippen LogP contribution in [0.3, 0.4) is 0 Å². The SMILES string of the molecule is CCC1CCCN1CC(C)(NC)C(=O)O. The topological polar surface area (TPSA) is 52.6 Å². The number of hydrogen-bond acceptors (Lipinski definition) is 3. The number of rotatable bonds is 5. The van der Waals surface area contributed by atoms with E-state index in [4.69, 9.17) is 5.11 Å². The molecular weight excluding hydrogens is 192 g/mol. The summed E-state index contributed by atoms with van der Waals surface area (Å²) in [5.41, 5.74) is -0.822. The minimum absolute atomic E-state index is 0.567. The highest BCUT2D eigenvalue weighted by Gasteiger charge is 2.36. The van der Waals surface area contributed by atoms with Gasteiger partial charge >= 0.3 is 5.97 Å². The average molecular weight is 214 g/mol. The molecule has 88 valence electrons. The first-order valence-corrected chi connectivity index (χ1v) is 5.70. The van der Waals surface area contributed by atoms with Crippen LogP contribution in [0.25, 0.3) is 0 Å². The van der Waals surface area contributed by atoms with Crippen molar-refractivity contribution in [3.63, 3.8) is 0 Å². The van der Waals surface area contributed by atoms with E-state index in [0.717, 1.165) is 13.0 Å². The number of carboxylic acids is 1. The minimum Gasteiger partial charge on any atom is -0.480 e. The number of aliphatic carboxylic acids is 1. The molecule has 2 atom stereocenters. The Labute approximate surface area is 91.6 Å². The van der Waals surface area contributed by atoms with Crippen LogP contribution in [0, 0.1) is 0 Å². The van der Waals surface area contributed by atoms with Gasteiger partial charge in [-0.3, -0.25) is 9.69 Å². The summed E-state index contributed by atoms with van der Waals surface area (Å²) in [7, 11) is 1.71. The Balaban J connectivity index is 2.62. The molecule has 15 heavy (non-hydrogen) atoms. The molecule has 0 aromatic carbocycles. The molecule has 0 amide bonds. The zero-order valence-corrected chi connectivity index (χ0v) is 9.92. The van der Waals surface area contributed by atoms with Gasteiger partial charge in [0.05, 0.1) is 0 Å². The van der Waals surface area contributed by atoms with Gasteiger partial charge in [0, 0.05) is 12.6 Å². The molecule has 0 aliphatic carbocycles. The highest BCUT2D eigenvalue weighted by Crippen LogP contribution is 2.22. The van der Waals surface area contributed by atoms with Gasteiger partial charge in [-0.05, 0) is 39.8 Å². The Morgan fingerprint density at radius 3 is 2.80 bits per heavy atom. The lowest BCUT2D eigenvalue weighted by atomic mass is 10.0. The van der Waals surface area contributed by atoms with Crippen molar-refractivity contribution < 1.29 is 9.90 Å². The summed E-state index contributed by atoms with van der Waals surface area (Å²) in [6.45, 7) is 5.54. The second-order valence-corrected chi connectivity index (χ2v) is 4.56. The summed E-state index contributed by atoms with van der Waals surface area (Å²) in [5, 5.41) is 12.1. The molecule has 4 nitrogen and oxygen atoms in total. The van der Waals surface area contributed by atoms with Gasteiger partial charge in [-0.25, -0.2) is 0 Å². The molecule has 0 spiro atoms. The highest BCUT2D eigenvalue weighted by molar-refractivity contribution is 5.78. The van der Waals surface area contributed by atoms with E-state index in [0.29, 0.717) is 12.6 Å². The maximum atomic E-state index is 11.1. The Morgan fingerprint density at radius 1 is 1.67 bits per heavy atom. The standard InChI is InChI=1S/C11H22N2O2/c1-4-9-6-5-7-13(9)8-11(2,12-3)10(14)15/h9,12H,4-8H2,1-3H3,(H,14,15). The molecule has 4 heteroatoms. The van der Waals surface area contributed by atoms with Crippen molar-refractivity contribution >= 4 is 5.97 Å². The summed E-state index contributed by atoms with van der Waals surface area (Å²) in [4.78, 5) is 13.4. The van der Waals surface area contributed by atoms with Crippen molar-refractivity contribution in [1.29, 1.82) is 0 Å². The third-order valence-corrected chi connectivity index (χ3v) is 3.51. The molecule has 2 N–H and O–H groups in total. The molecule has 0 radical (unpaired) electrons.